The zero-order valence-corrected chi connectivity index (χ0v) is 14.7. The summed E-state index contributed by atoms with van der Waals surface area (Å²) in [6.07, 6.45) is 3.91. The minimum Gasteiger partial charge on any atom is -0.454 e. The molecule has 120 valence electrons. The molecule has 1 aromatic carbocycles. The van der Waals surface area contributed by atoms with Gasteiger partial charge in [0.2, 0.25) is 6.79 Å². The van der Waals surface area contributed by atoms with Crippen LogP contribution in [-0.4, -0.2) is 24.2 Å². The second kappa shape index (κ2) is 6.61. The standard InChI is InChI=1S/C16H15IN2O4/c1-3-4-5-19(16-18-10(2)8-21-16)15(20)11-6-13-14(7-12(11)17)23-9-22-13/h3,6-8H,1,4-5,9H2,2H3. The summed E-state index contributed by atoms with van der Waals surface area (Å²) in [6, 6.07) is 3.77. The topological polar surface area (TPSA) is 64.8 Å². The SMILES string of the molecule is C=CCCN(C(=O)c1cc2c(cc1I)OCO2)c1nc(C)co1. The van der Waals surface area contributed by atoms with Crippen molar-refractivity contribution in [1.82, 2.24) is 4.98 Å². The van der Waals surface area contributed by atoms with Crippen LogP contribution < -0.4 is 14.4 Å². The van der Waals surface area contributed by atoms with Gasteiger partial charge in [0.15, 0.2) is 11.5 Å². The first-order valence-corrected chi connectivity index (χ1v) is 8.12. The number of hydrogen-bond acceptors (Lipinski definition) is 5. The highest BCUT2D eigenvalue weighted by Crippen LogP contribution is 2.36. The van der Waals surface area contributed by atoms with E-state index in [0.717, 1.165) is 9.26 Å². The van der Waals surface area contributed by atoms with Gasteiger partial charge < -0.3 is 13.9 Å². The molecule has 1 aliphatic rings. The van der Waals surface area contributed by atoms with E-state index in [1.165, 1.54) is 11.2 Å². The average molecular weight is 426 g/mol. The van der Waals surface area contributed by atoms with Gasteiger partial charge >= 0.3 is 6.01 Å². The molecule has 7 heteroatoms. The molecule has 0 saturated heterocycles. The van der Waals surface area contributed by atoms with Gasteiger partial charge in [0.25, 0.3) is 5.91 Å². The number of anilines is 1. The number of carbonyl (C=O) groups excluding carboxylic acids is 1. The molecule has 0 bridgehead atoms. The first kappa shape index (κ1) is 15.9. The van der Waals surface area contributed by atoms with Gasteiger partial charge in [-0.15, -0.1) is 6.58 Å². The monoisotopic (exact) mass is 426 g/mol. The largest absolute Gasteiger partial charge is 0.454 e. The summed E-state index contributed by atoms with van der Waals surface area (Å²) in [5, 5.41) is 0. The molecular weight excluding hydrogens is 411 g/mol. The van der Waals surface area contributed by atoms with Crippen LogP contribution in [-0.2, 0) is 0 Å². The predicted molar refractivity (Wildman–Crippen MR) is 93.0 cm³/mol. The normalized spacial score (nSPS) is 12.3. The van der Waals surface area contributed by atoms with E-state index in [1.807, 2.05) is 6.92 Å². The second-order valence-electron chi connectivity index (χ2n) is 4.99. The summed E-state index contributed by atoms with van der Waals surface area (Å²) in [4.78, 5) is 18.7. The molecule has 1 amide bonds. The van der Waals surface area contributed by atoms with Crippen molar-refractivity contribution in [3.05, 3.63) is 45.9 Å². The molecule has 0 unspecified atom stereocenters. The van der Waals surface area contributed by atoms with Gasteiger partial charge in [-0.05, 0) is 48.1 Å². The number of ether oxygens (including phenoxy) is 2. The Morgan fingerprint density at radius 2 is 2.17 bits per heavy atom. The van der Waals surface area contributed by atoms with Gasteiger partial charge in [0.1, 0.15) is 6.26 Å². The molecule has 0 atom stereocenters. The Kier molecular flexibility index (Phi) is 4.56. The third-order valence-corrected chi connectivity index (χ3v) is 4.22. The Morgan fingerprint density at radius 3 is 2.83 bits per heavy atom. The van der Waals surface area contributed by atoms with Crippen LogP contribution in [0.25, 0.3) is 0 Å². The Balaban J connectivity index is 1.96. The zero-order chi connectivity index (χ0) is 16.4. The lowest BCUT2D eigenvalue weighted by Crippen LogP contribution is -2.32. The van der Waals surface area contributed by atoms with E-state index >= 15 is 0 Å². The molecule has 0 fully saturated rings. The average Bonchev–Trinajstić information content (AvgIpc) is 3.15. The van der Waals surface area contributed by atoms with Crippen molar-refractivity contribution in [2.24, 2.45) is 0 Å². The molecule has 1 aliphatic heterocycles. The maximum absolute atomic E-state index is 13.0. The van der Waals surface area contributed by atoms with E-state index < -0.39 is 0 Å². The van der Waals surface area contributed by atoms with Gasteiger partial charge in [-0.2, -0.15) is 4.98 Å². The molecule has 23 heavy (non-hydrogen) atoms. The number of carbonyl (C=O) groups is 1. The third kappa shape index (κ3) is 3.19. The van der Waals surface area contributed by atoms with E-state index in [-0.39, 0.29) is 18.7 Å². The van der Waals surface area contributed by atoms with Crippen molar-refractivity contribution in [2.45, 2.75) is 13.3 Å². The molecule has 1 aromatic heterocycles. The molecule has 0 spiro atoms. The van der Waals surface area contributed by atoms with Crippen molar-refractivity contribution in [3.8, 4) is 11.5 Å². The molecule has 2 heterocycles. The van der Waals surface area contributed by atoms with E-state index in [4.69, 9.17) is 13.9 Å². The fourth-order valence-electron chi connectivity index (χ4n) is 2.20. The summed E-state index contributed by atoms with van der Waals surface area (Å²) in [5.41, 5.74) is 1.24. The van der Waals surface area contributed by atoms with Crippen LogP contribution >= 0.6 is 22.6 Å². The van der Waals surface area contributed by atoms with E-state index in [1.54, 1.807) is 18.2 Å². The van der Waals surface area contributed by atoms with Gasteiger partial charge in [0.05, 0.1) is 11.3 Å². The minimum atomic E-state index is -0.198. The Labute approximate surface area is 147 Å². The summed E-state index contributed by atoms with van der Waals surface area (Å²) in [5.74, 6) is 1.02. The Morgan fingerprint density at radius 1 is 1.43 bits per heavy atom. The highest BCUT2D eigenvalue weighted by molar-refractivity contribution is 14.1. The van der Waals surface area contributed by atoms with E-state index in [0.29, 0.717) is 30.0 Å². The third-order valence-electron chi connectivity index (χ3n) is 3.33. The first-order valence-electron chi connectivity index (χ1n) is 7.04. The van der Waals surface area contributed by atoms with Gasteiger partial charge in [-0.3, -0.25) is 9.69 Å². The zero-order valence-electron chi connectivity index (χ0n) is 12.5. The maximum Gasteiger partial charge on any atom is 0.304 e. The lowest BCUT2D eigenvalue weighted by atomic mass is 10.1. The predicted octanol–water partition coefficient (Wildman–Crippen LogP) is 3.54. The summed E-state index contributed by atoms with van der Waals surface area (Å²) < 4.78 is 16.9. The number of oxazole rings is 1. The molecule has 3 rings (SSSR count). The van der Waals surface area contributed by atoms with Crippen molar-refractivity contribution in [3.63, 3.8) is 0 Å². The van der Waals surface area contributed by atoms with Crippen molar-refractivity contribution in [2.75, 3.05) is 18.2 Å². The molecule has 0 saturated carbocycles. The second-order valence-corrected chi connectivity index (χ2v) is 6.15. The molecule has 6 nitrogen and oxygen atoms in total. The summed E-state index contributed by atoms with van der Waals surface area (Å²) in [7, 11) is 0. The fraction of sp³-hybridized carbons (Fsp3) is 0.250. The minimum absolute atomic E-state index is 0.169. The maximum atomic E-state index is 13.0. The van der Waals surface area contributed by atoms with Gasteiger partial charge in [0, 0.05) is 10.1 Å². The smallest absolute Gasteiger partial charge is 0.304 e. The number of benzene rings is 1. The van der Waals surface area contributed by atoms with Crippen LogP contribution in [0.5, 0.6) is 11.5 Å². The number of aryl methyl sites for hydroxylation is 1. The number of nitrogens with zero attached hydrogens (tertiary/aromatic N) is 2. The van der Waals surface area contributed by atoms with Crippen molar-refractivity contribution < 1.29 is 18.7 Å². The molecule has 2 aromatic rings. The fourth-order valence-corrected chi connectivity index (χ4v) is 2.87. The number of rotatable bonds is 5. The number of aromatic nitrogens is 1. The summed E-state index contributed by atoms with van der Waals surface area (Å²) in [6.45, 7) is 6.12. The first-order chi connectivity index (χ1) is 11.1. The highest BCUT2D eigenvalue weighted by atomic mass is 127. The van der Waals surface area contributed by atoms with E-state index in [9.17, 15) is 4.79 Å². The van der Waals surface area contributed by atoms with Crippen LogP contribution in [0.3, 0.4) is 0 Å². The molecule has 0 N–H and O–H groups in total. The molecular formula is C16H15IN2O4. The lowest BCUT2D eigenvalue weighted by Gasteiger charge is -2.19. The molecule has 0 aliphatic carbocycles. The Hall–Kier alpha value is -2.03. The van der Waals surface area contributed by atoms with Crippen LogP contribution in [0.4, 0.5) is 6.01 Å². The summed E-state index contributed by atoms with van der Waals surface area (Å²) >= 11 is 2.11. The van der Waals surface area contributed by atoms with Crippen molar-refractivity contribution in [1.29, 1.82) is 0 Å². The number of amides is 1. The number of hydrogen-bond donors (Lipinski definition) is 0. The van der Waals surface area contributed by atoms with Gasteiger partial charge in [-0.25, -0.2) is 0 Å². The van der Waals surface area contributed by atoms with Crippen LogP contribution in [0.2, 0.25) is 0 Å². The quantitative estimate of drug-likeness (QED) is 0.541. The lowest BCUT2D eigenvalue weighted by molar-refractivity contribution is 0.0980. The molecule has 0 radical (unpaired) electrons. The van der Waals surface area contributed by atoms with Crippen molar-refractivity contribution >= 4 is 34.5 Å². The van der Waals surface area contributed by atoms with Crippen LogP contribution in [0, 0.1) is 10.5 Å². The number of halogens is 1. The van der Waals surface area contributed by atoms with E-state index in [2.05, 4.69) is 34.2 Å². The Bertz CT molecular complexity index is 757. The van der Waals surface area contributed by atoms with Gasteiger partial charge in [-0.1, -0.05) is 6.08 Å². The van der Waals surface area contributed by atoms with Crippen LogP contribution in [0.15, 0.2) is 35.5 Å². The highest BCUT2D eigenvalue weighted by Gasteiger charge is 2.26. The van der Waals surface area contributed by atoms with Crippen LogP contribution in [0.1, 0.15) is 22.5 Å². The number of fused-ring (bicyclic) bond motifs is 1.